The Labute approximate surface area is 217 Å². The van der Waals surface area contributed by atoms with Crippen LogP contribution in [0.3, 0.4) is 0 Å². The standard InChI is InChI=1S/C23H19Cl2F3N4O3S/c1-9-15(24)16(25)18(29-9)20(33)31-17-12-7-32(8-13(12)17)22-30-14(19(36-22)21(34)35)6-10-2-4-11(5-3-10)23(26,27)28/h2-5,12-13,17,29H,6-8H2,1H3,(H,31,33)(H,34,35)/t12-,13+,17?. The third-order valence-electron chi connectivity index (χ3n) is 6.58. The van der Waals surface area contributed by atoms with Crippen molar-refractivity contribution in [1.82, 2.24) is 15.3 Å². The molecule has 36 heavy (non-hydrogen) atoms. The number of fused-ring (bicyclic) bond motifs is 1. The summed E-state index contributed by atoms with van der Waals surface area (Å²) in [5.41, 5.74) is 0.909. The van der Waals surface area contributed by atoms with Crippen LogP contribution in [0.25, 0.3) is 0 Å². The van der Waals surface area contributed by atoms with Crippen LogP contribution in [0.4, 0.5) is 18.3 Å². The van der Waals surface area contributed by atoms with E-state index in [9.17, 15) is 27.9 Å². The Hall–Kier alpha value is -2.76. The largest absolute Gasteiger partial charge is 0.477 e. The van der Waals surface area contributed by atoms with E-state index in [-0.39, 0.29) is 45.8 Å². The van der Waals surface area contributed by atoms with E-state index < -0.39 is 17.7 Å². The second-order valence-electron chi connectivity index (χ2n) is 8.93. The van der Waals surface area contributed by atoms with Gasteiger partial charge in [-0.25, -0.2) is 9.78 Å². The molecule has 2 fully saturated rings. The van der Waals surface area contributed by atoms with E-state index in [0.29, 0.717) is 40.2 Å². The summed E-state index contributed by atoms with van der Waals surface area (Å²) in [6.45, 7) is 2.92. The highest BCUT2D eigenvalue weighted by molar-refractivity contribution is 7.17. The predicted molar refractivity (Wildman–Crippen MR) is 129 cm³/mol. The van der Waals surface area contributed by atoms with Crippen molar-refractivity contribution in [2.24, 2.45) is 11.8 Å². The quantitative estimate of drug-likeness (QED) is 0.383. The fourth-order valence-electron chi connectivity index (χ4n) is 4.61. The molecule has 1 amide bonds. The van der Waals surface area contributed by atoms with Gasteiger partial charge >= 0.3 is 12.1 Å². The number of anilines is 1. The molecule has 0 bridgehead atoms. The number of nitrogens with zero attached hydrogens (tertiary/aromatic N) is 2. The molecule has 7 nitrogen and oxygen atoms in total. The number of aryl methyl sites for hydroxylation is 1. The van der Waals surface area contributed by atoms with Crippen LogP contribution in [0.5, 0.6) is 0 Å². The Morgan fingerprint density at radius 3 is 2.36 bits per heavy atom. The molecule has 1 aromatic carbocycles. The van der Waals surface area contributed by atoms with E-state index in [2.05, 4.69) is 15.3 Å². The minimum absolute atomic E-state index is 0.0299. The lowest BCUT2D eigenvalue weighted by molar-refractivity contribution is -0.137. The van der Waals surface area contributed by atoms with Gasteiger partial charge in [0.05, 0.1) is 21.3 Å². The molecule has 1 aliphatic carbocycles. The lowest BCUT2D eigenvalue weighted by atomic mass is 10.1. The molecule has 3 heterocycles. The Balaban J connectivity index is 1.24. The van der Waals surface area contributed by atoms with Gasteiger partial charge in [-0.2, -0.15) is 13.2 Å². The summed E-state index contributed by atoms with van der Waals surface area (Å²) >= 11 is 13.2. The number of piperidine rings is 1. The van der Waals surface area contributed by atoms with Crippen LogP contribution in [0.1, 0.15) is 42.7 Å². The molecule has 2 aliphatic rings. The van der Waals surface area contributed by atoms with Gasteiger partial charge in [0.2, 0.25) is 0 Å². The monoisotopic (exact) mass is 558 g/mol. The number of thiazole rings is 1. The first-order valence-electron chi connectivity index (χ1n) is 10.9. The van der Waals surface area contributed by atoms with Gasteiger partial charge < -0.3 is 20.3 Å². The highest BCUT2D eigenvalue weighted by Crippen LogP contribution is 2.48. The zero-order valence-corrected chi connectivity index (χ0v) is 20.9. The highest BCUT2D eigenvalue weighted by atomic mass is 35.5. The fourth-order valence-corrected chi connectivity index (χ4v) is 5.97. The Morgan fingerprint density at radius 2 is 1.83 bits per heavy atom. The van der Waals surface area contributed by atoms with Crippen LogP contribution < -0.4 is 10.2 Å². The van der Waals surface area contributed by atoms with Crippen molar-refractivity contribution in [3.8, 4) is 0 Å². The summed E-state index contributed by atoms with van der Waals surface area (Å²) in [6, 6.07) is 4.58. The zero-order chi connectivity index (χ0) is 25.9. The van der Waals surface area contributed by atoms with Crippen LogP contribution in [-0.2, 0) is 12.6 Å². The second-order valence-corrected chi connectivity index (χ2v) is 10.7. The maximum absolute atomic E-state index is 12.8. The third-order valence-corrected chi connectivity index (χ3v) is 8.67. The van der Waals surface area contributed by atoms with Gasteiger partial charge in [-0.1, -0.05) is 46.7 Å². The smallest absolute Gasteiger partial charge is 0.416 e. The van der Waals surface area contributed by atoms with Gasteiger partial charge in [-0.3, -0.25) is 4.79 Å². The first-order valence-corrected chi connectivity index (χ1v) is 12.5. The van der Waals surface area contributed by atoms with Crippen molar-refractivity contribution in [1.29, 1.82) is 0 Å². The number of hydrogen-bond donors (Lipinski definition) is 3. The molecule has 5 rings (SSSR count). The minimum Gasteiger partial charge on any atom is -0.477 e. The molecule has 1 saturated heterocycles. The summed E-state index contributed by atoms with van der Waals surface area (Å²) in [5.74, 6) is -1.08. The molecule has 3 N–H and O–H groups in total. The van der Waals surface area contributed by atoms with Crippen LogP contribution in [0.2, 0.25) is 10.0 Å². The average Bonchev–Trinajstić information content (AvgIpc) is 3.18. The zero-order valence-electron chi connectivity index (χ0n) is 18.6. The summed E-state index contributed by atoms with van der Waals surface area (Å²) in [4.78, 5) is 33.8. The predicted octanol–water partition coefficient (Wildman–Crippen LogP) is 5.26. The van der Waals surface area contributed by atoms with Gasteiger partial charge in [-0.05, 0) is 24.6 Å². The number of amides is 1. The summed E-state index contributed by atoms with van der Waals surface area (Å²) < 4.78 is 38.4. The molecule has 13 heteroatoms. The maximum Gasteiger partial charge on any atom is 0.416 e. The fraction of sp³-hybridized carbons (Fsp3) is 0.348. The Bertz CT molecular complexity index is 1340. The van der Waals surface area contributed by atoms with E-state index in [1.165, 1.54) is 12.1 Å². The van der Waals surface area contributed by atoms with Crippen molar-refractivity contribution >= 4 is 51.5 Å². The topological polar surface area (TPSA) is 98.3 Å². The second kappa shape index (κ2) is 8.97. The highest BCUT2D eigenvalue weighted by Gasteiger charge is 2.57. The van der Waals surface area contributed by atoms with Crippen molar-refractivity contribution in [2.75, 3.05) is 18.0 Å². The van der Waals surface area contributed by atoms with Crippen LogP contribution >= 0.6 is 34.5 Å². The molecule has 1 saturated carbocycles. The lowest BCUT2D eigenvalue weighted by Gasteiger charge is -2.19. The summed E-state index contributed by atoms with van der Waals surface area (Å²) in [7, 11) is 0. The molecule has 3 atom stereocenters. The number of benzene rings is 1. The number of aromatic carboxylic acids is 1. The van der Waals surface area contributed by atoms with E-state index in [1.54, 1.807) is 6.92 Å². The number of aromatic nitrogens is 2. The number of carbonyl (C=O) groups is 2. The number of hydrogen-bond acceptors (Lipinski definition) is 5. The molecule has 0 spiro atoms. The van der Waals surface area contributed by atoms with Crippen molar-refractivity contribution in [3.63, 3.8) is 0 Å². The van der Waals surface area contributed by atoms with E-state index in [1.807, 2.05) is 4.90 Å². The van der Waals surface area contributed by atoms with Gasteiger partial charge in [0.15, 0.2) is 5.13 Å². The summed E-state index contributed by atoms with van der Waals surface area (Å²) in [6.07, 6.45) is -4.33. The number of H-pyrrole nitrogens is 1. The first kappa shape index (κ1) is 24.9. The molecule has 2 aromatic heterocycles. The van der Waals surface area contributed by atoms with Gasteiger partial charge in [0.25, 0.3) is 5.91 Å². The number of carbonyl (C=O) groups excluding carboxylic acids is 1. The van der Waals surface area contributed by atoms with Crippen molar-refractivity contribution in [2.45, 2.75) is 25.6 Å². The number of rotatable bonds is 6. The average molecular weight is 559 g/mol. The van der Waals surface area contributed by atoms with E-state index in [0.717, 1.165) is 23.5 Å². The Morgan fingerprint density at radius 1 is 1.19 bits per heavy atom. The maximum atomic E-state index is 12.8. The molecular formula is C23H19Cl2F3N4O3S. The molecule has 3 aromatic rings. The minimum atomic E-state index is -4.44. The van der Waals surface area contributed by atoms with Crippen LogP contribution in [-0.4, -0.2) is 46.1 Å². The number of carboxylic acids is 1. The lowest BCUT2D eigenvalue weighted by Crippen LogP contribution is -2.34. The number of nitrogens with one attached hydrogen (secondary N) is 2. The van der Waals surface area contributed by atoms with E-state index >= 15 is 0 Å². The molecule has 0 radical (unpaired) electrons. The van der Waals surface area contributed by atoms with Gasteiger partial charge in [-0.15, -0.1) is 0 Å². The number of halogens is 5. The van der Waals surface area contributed by atoms with Crippen LogP contribution in [0, 0.1) is 18.8 Å². The molecule has 190 valence electrons. The van der Waals surface area contributed by atoms with Gasteiger partial charge in [0.1, 0.15) is 10.6 Å². The van der Waals surface area contributed by atoms with Crippen LogP contribution in [0.15, 0.2) is 24.3 Å². The van der Waals surface area contributed by atoms with E-state index in [4.69, 9.17) is 23.2 Å². The van der Waals surface area contributed by atoms with Crippen molar-refractivity contribution < 1.29 is 27.9 Å². The SMILES string of the molecule is Cc1[nH]c(C(=O)NC2[C@H]3CN(c4nc(Cc5ccc(C(F)(F)F)cc5)c(C(=O)O)s4)C[C@@H]23)c(Cl)c1Cl. The molecular weight excluding hydrogens is 540 g/mol. The normalized spacial score (nSPS) is 20.9. The summed E-state index contributed by atoms with van der Waals surface area (Å²) in [5, 5.41) is 13.7. The van der Waals surface area contributed by atoms with Gasteiger partial charge in [0, 0.05) is 43.1 Å². The number of alkyl halides is 3. The third kappa shape index (κ3) is 4.55. The first-order chi connectivity index (χ1) is 16.9. The molecule has 1 unspecified atom stereocenters. The Kier molecular flexibility index (Phi) is 6.20. The number of carboxylic acid groups (broad SMARTS) is 1. The van der Waals surface area contributed by atoms with Crippen molar-refractivity contribution in [3.05, 3.63) is 67.4 Å². The molecule has 1 aliphatic heterocycles. The number of aromatic amines is 1.